The van der Waals surface area contributed by atoms with Crippen molar-refractivity contribution in [3.05, 3.63) is 51.5 Å². The van der Waals surface area contributed by atoms with Gasteiger partial charge in [-0.15, -0.1) is 11.3 Å². The molecular weight excluding hydrogens is 320 g/mol. The molecule has 0 aliphatic heterocycles. The van der Waals surface area contributed by atoms with E-state index < -0.39 is 6.10 Å². The van der Waals surface area contributed by atoms with Gasteiger partial charge in [-0.2, -0.15) is 0 Å². The summed E-state index contributed by atoms with van der Waals surface area (Å²) >= 11 is 1.47. The Balaban J connectivity index is 2.25. The molecule has 0 saturated carbocycles. The summed E-state index contributed by atoms with van der Waals surface area (Å²) in [6, 6.07) is 10.2. The van der Waals surface area contributed by atoms with Gasteiger partial charge in [0.15, 0.2) is 0 Å². The molecule has 1 heterocycles. The van der Waals surface area contributed by atoms with Gasteiger partial charge in [0.25, 0.3) is 5.91 Å². The van der Waals surface area contributed by atoms with Crippen LogP contribution in [0.25, 0.3) is 0 Å². The first-order valence-corrected chi connectivity index (χ1v) is 9.02. The predicted molar refractivity (Wildman–Crippen MR) is 98.7 cm³/mol. The van der Waals surface area contributed by atoms with Gasteiger partial charge in [0, 0.05) is 19.0 Å². The lowest BCUT2D eigenvalue weighted by atomic mass is 9.85. The number of hydrogen-bond acceptors (Lipinski definition) is 4. The molecule has 0 spiro atoms. The van der Waals surface area contributed by atoms with Gasteiger partial charge in [-0.1, -0.05) is 30.3 Å². The Morgan fingerprint density at radius 2 is 1.96 bits per heavy atom. The normalized spacial score (nSPS) is 12.9. The van der Waals surface area contributed by atoms with Gasteiger partial charge >= 0.3 is 0 Å². The standard InChI is InChI=1S/C19H26N2O2S/c1-13(22)11-12-21(5)17(23)16-14(2)20-18(24-16)19(3,4)15-9-7-6-8-10-15/h6-10,13,22H,11-12H2,1-5H3. The van der Waals surface area contributed by atoms with Gasteiger partial charge < -0.3 is 10.0 Å². The van der Waals surface area contributed by atoms with E-state index in [9.17, 15) is 9.90 Å². The number of carbonyl (C=O) groups is 1. The number of carbonyl (C=O) groups excluding carboxylic acids is 1. The maximum atomic E-state index is 12.7. The Bertz CT molecular complexity index is 693. The summed E-state index contributed by atoms with van der Waals surface area (Å²) in [6.07, 6.45) is 0.165. The molecule has 4 nitrogen and oxygen atoms in total. The van der Waals surface area contributed by atoms with Crippen molar-refractivity contribution in [1.29, 1.82) is 0 Å². The molecule has 0 saturated heterocycles. The fraction of sp³-hybridized carbons (Fsp3) is 0.474. The van der Waals surface area contributed by atoms with Crippen LogP contribution in [0.5, 0.6) is 0 Å². The number of rotatable bonds is 6. The minimum absolute atomic E-state index is 0.0271. The van der Waals surface area contributed by atoms with Crippen LogP contribution in [0.4, 0.5) is 0 Å². The van der Waals surface area contributed by atoms with Gasteiger partial charge in [-0.25, -0.2) is 4.98 Å². The molecule has 5 heteroatoms. The highest BCUT2D eigenvalue weighted by Gasteiger charge is 2.29. The summed E-state index contributed by atoms with van der Waals surface area (Å²) in [5, 5.41) is 10.3. The Morgan fingerprint density at radius 3 is 2.54 bits per heavy atom. The minimum Gasteiger partial charge on any atom is -0.393 e. The quantitative estimate of drug-likeness (QED) is 0.869. The molecule has 1 unspecified atom stereocenters. The molecule has 1 atom stereocenters. The topological polar surface area (TPSA) is 53.4 Å². The van der Waals surface area contributed by atoms with Crippen LogP contribution in [0.3, 0.4) is 0 Å². The molecule has 24 heavy (non-hydrogen) atoms. The Kier molecular flexibility index (Phi) is 5.78. The van der Waals surface area contributed by atoms with Crippen molar-refractivity contribution >= 4 is 17.2 Å². The van der Waals surface area contributed by atoms with E-state index in [0.717, 1.165) is 10.7 Å². The lowest BCUT2D eigenvalue weighted by Gasteiger charge is -2.22. The van der Waals surface area contributed by atoms with Crippen LogP contribution >= 0.6 is 11.3 Å². The number of thiazole rings is 1. The van der Waals surface area contributed by atoms with Crippen molar-refractivity contribution in [3.8, 4) is 0 Å². The summed E-state index contributed by atoms with van der Waals surface area (Å²) in [4.78, 5) is 19.7. The second-order valence-electron chi connectivity index (χ2n) is 6.79. The van der Waals surface area contributed by atoms with Crippen molar-refractivity contribution in [2.45, 2.75) is 45.6 Å². The molecule has 0 bridgehead atoms. The van der Waals surface area contributed by atoms with E-state index >= 15 is 0 Å². The summed E-state index contributed by atoms with van der Waals surface area (Å²) in [5.74, 6) is -0.0271. The summed E-state index contributed by atoms with van der Waals surface area (Å²) < 4.78 is 0. The second kappa shape index (κ2) is 7.45. The monoisotopic (exact) mass is 346 g/mol. The van der Waals surface area contributed by atoms with Crippen molar-refractivity contribution in [2.75, 3.05) is 13.6 Å². The fourth-order valence-corrected chi connectivity index (χ4v) is 3.68. The second-order valence-corrected chi connectivity index (χ2v) is 7.79. The molecule has 1 aromatic carbocycles. The van der Waals surface area contributed by atoms with Crippen LogP contribution in [0, 0.1) is 6.92 Å². The van der Waals surface area contributed by atoms with E-state index in [-0.39, 0.29) is 11.3 Å². The van der Waals surface area contributed by atoms with Crippen LogP contribution in [0.15, 0.2) is 30.3 Å². The Hall–Kier alpha value is -1.72. The number of aromatic nitrogens is 1. The number of benzene rings is 1. The average molecular weight is 346 g/mol. The highest BCUT2D eigenvalue weighted by molar-refractivity contribution is 7.14. The number of nitrogens with zero attached hydrogens (tertiary/aromatic N) is 2. The lowest BCUT2D eigenvalue weighted by Crippen LogP contribution is -2.29. The highest BCUT2D eigenvalue weighted by atomic mass is 32.1. The van der Waals surface area contributed by atoms with Crippen molar-refractivity contribution in [1.82, 2.24) is 9.88 Å². The van der Waals surface area contributed by atoms with Gasteiger partial charge in [0.1, 0.15) is 9.88 Å². The van der Waals surface area contributed by atoms with E-state index in [2.05, 4.69) is 31.0 Å². The highest BCUT2D eigenvalue weighted by Crippen LogP contribution is 2.35. The fourth-order valence-electron chi connectivity index (χ4n) is 2.50. The van der Waals surface area contributed by atoms with E-state index in [0.29, 0.717) is 17.8 Å². The van der Waals surface area contributed by atoms with E-state index in [1.807, 2.05) is 25.1 Å². The summed E-state index contributed by atoms with van der Waals surface area (Å²) in [6.45, 7) is 8.41. The van der Waals surface area contributed by atoms with Crippen LogP contribution in [-0.4, -0.2) is 40.6 Å². The Labute approximate surface area is 148 Å². The third kappa shape index (κ3) is 4.02. The lowest BCUT2D eigenvalue weighted by molar-refractivity contribution is 0.0772. The Morgan fingerprint density at radius 1 is 1.33 bits per heavy atom. The van der Waals surface area contributed by atoms with Crippen molar-refractivity contribution in [3.63, 3.8) is 0 Å². The first-order chi connectivity index (χ1) is 11.2. The van der Waals surface area contributed by atoms with E-state index in [4.69, 9.17) is 0 Å². The SMILES string of the molecule is Cc1nc(C(C)(C)c2ccccc2)sc1C(=O)N(C)CCC(C)O. The maximum Gasteiger partial charge on any atom is 0.265 e. The van der Waals surface area contributed by atoms with Crippen LogP contribution < -0.4 is 0 Å². The summed E-state index contributed by atoms with van der Waals surface area (Å²) in [7, 11) is 1.77. The number of aliphatic hydroxyl groups excluding tert-OH is 1. The van der Waals surface area contributed by atoms with Gasteiger partial charge in [-0.05, 0) is 39.7 Å². The molecule has 2 aromatic rings. The summed E-state index contributed by atoms with van der Waals surface area (Å²) in [5.41, 5.74) is 1.71. The van der Waals surface area contributed by atoms with Gasteiger partial charge in [0.2, 0.25) is 0 Å². The van der Waals surface area contributed by atoms with E-state index in [1.165, 1.54) is 16.9 Å². The zero-order chi connectivity index (χ0) is 17.9. The smallest absolute Gasteiger partial charge is 0.265 e. The first kappa shape index (κ1) is 18.6. The maximum absolute atomic E-state index is 12.7. The van der Waals surface area contributed by atoms with Gasteiger partial charge in [0.05, 0.1) is 11.8 Å². The van der Waals surface area contributed by atoms with Crippen LogP contribution in [0.2, 0.25) is 0 Å². The molecule has 1 aromatic heterocycles. The molecular formula is C19H26N2O2S. The molecule has 2 rings (SSSR count). The molecule has 1 amide bonds. The third-order valence-corrected chi connectivity index (χ3v) is 5.72. The largest absolute Gasteiger partial charge is 0.393 e. The van der Waals surface area contributed by atoms with Crippen LogP contribution in [-0.2, 0) is 5.41 Å². The van der Waals surface area contributed by atoms with Crippen molar-refractivity contribution in [2.24, 2.45) is 0 Å². The zero-order valence-corrected chi connectivity index (χ0v) is 15.9. The first-order valence-electron chi connectivity index (χ1n) is 8.20. The van der Waals surface area contributed by atoms with Crippen LogP contribution in [0.1, 0.15) is 53.1 Å². The molecule has 130 valence electrons. The van der Waals surface area contributed by atoms with E-state index in [1.54, 1.807) is 18.9 Å². The molecule has 0 aliphatic carbocycles. The molecule has 0 fully saturated rings. The number of aliphatic hydroxyl groups is 1. The predicted octanol–water partition coefficient (Wildman–Crippen LogP) is 3.62. The minimum atomic E-state index is -0.407. The number of hydrogen-bond donors (Lipinski definition) is 1. The zero-order valence-electron chi connectivity index (χ0n) is 15.0. The number of aryl methyl sites for hydroxylation is 1. The average Bonchev–Trinajstić information content (AvgIpc) is 2.95. The molecule has 1 N–H and O–H groups in total. The number of amides is 1. The van der Waals surface area contributed by atoms with Gasteiger partial charge in [-0.3, -0.25) is 4.79 Å². The molecule has 0 radical (unpaired) electrons. The molecule has 0 aliphatic rings. The third-order valence-electron chi connectivity index (χ3n) is 4.25. The van der Waals surface area contributed by atoms with Crippen molar-refractivity contribution < 1.29 is 9.90 Å².